The first-order valence-corrected chi connectivity index (χ1v) is 6.96. The Kier molecular flexibility index (Phi) is 5.50. The van der Waals surface area contributed by atoms with E-state index < -0.39 is 0 Å². The molecular formula is C16H21N3O. The Morgan fingerprint density at radius 2 is 1.95 bits per heavy atom. The van der Waals surface area contributed by atoms with E-state index in [9.17, 15) is 0 Å². The van der Waals surface area contributed by atoms with E-state index in [1.807, 2.05) is 24.4 Å². The maximum absolute atomic E-state index is 5.18. The summed E-state index contributed by atoms with van der Waals surface area (Å²) in [4.78, 5) is 0. The molecule has 0 aliphatic rings. The number of hydrogen-bond donors (Lipinski definition) is 1. The number of nitrogens with zero attached hydrogens (tertiary/aromatic N) is 2. The van der Waals surface area contributed by atoms with Crippen LogP contribution >= 0.6 is 0 Å². The van der Waals surface area contributed by atoms with Crippen LogP contribution in [0.25, 0.3) is 0 Å². The van der Waals surface area contributed by atoms with E-state index >= 15 is 0 Å². The third-order valence-corrected chi connectivity index (χ3v) is 3.34. The van der Waals surface area contributed by atoms with E-state index in [4.69, 9.17) is 4.74 Å². The number of aryl methyl sites for hydroxylation is 1. The monoisotopic (exact) mass is 271 g/mol. The molecule has 106 valence electrons. The Bertz CT molecular complexity index is 499. The predicted molar refractivity (Wildman–Crippen MR) is 79.8 cm³/mol. The molecule has 4 heteroatoms. The van der Waals surface area contributed by atoms with Gasteiger partial charge in [-0.15, -0.1) is 0 Å². The Labute approximate surface area is 120 Å². The third-order valence-electron chi connectivity index (χ3n) is 3.34. The molecule has 2 rings (SSSR count). The van der Waals surface area contributed by atoms with Crippen LogP contribution in [0, 0.1) is 0 Å². The van der Waals surface area contributed by atoms with Crippen molar-refractivity contribution in [3.8, 4) is 5.75 Å². The molecule has 1 heterocycles. The van der Waals surface area contributed by atoms with E-state index in [1.165, 1.54) is 11.1 Å². The first kappa shape index (κ1) is 14.5. The Balaban J connectivity index is 1.98. The normalized spacial score (nSPS) is 12.1. The molecule has 1 aromatic heterocycles. The summed E-state index contributed by atoms with van der Waals surface area (Å²) >= 11 is 0. The summed E-state index contributed by atoms with van der Waals surface area (Å²) in [5.41, 5.74) is 2.51. The van der Waals surface area contributed by atoms with Gasteiger partial charge in [-0.3, -0.25) is 0 Å². The zero-order chi connectivity index (χ0) is 14.2. The van der Waals surface area contributed by atoms with Gasteiger partial charge < -0.3 is 10.1 Å². The highest BCUT2D eigenvalue weighted by Crippen LogP contribution is 2.19. The van der Waals surface area contributed by atoms with Gasteiger partial charge in [-0.2, -0.15) is 10.2 Å². The molecule has 4 nitrogen and oxygen atoms in total. The van der Waals surface area contributed by atoms with E-state index in [0.717, 1.165) is 25.1 Å². The van der Waals surface area contributed by atoms with Crippen LogP contribution < -0.4 is 10.1 Å². The zero-order valence-corrected chi connectivity index (χ0v) is 12.0. The minimum Gasteiger partial charge on any atom is -0.497 e. The van der Waals surface area contributed by atoms with E-state index in [0.29, 0.717) is 6.04 Å². The lowest BCUT2D eigenvalue weighted by molar-refractivity contribution is 0.414. The molecule has 1 aromatic carbocycles. The van der Waals surface area contributed by atoms with Crippen molar-refractivity contribution in [2.24, 2.45) is 0 Å². The number of nitrogens with one attached hydrogen (secondary N) is 1. The van der Waals surface area contributed by atoms with Crippen molar-refractivity contribution >= 4 is 0 Å². The summed E-state index contributed by atoms with van der Waals surface area (Å²) in [6, 6.07) is 10.6. The van der Waals surface area contributed by atoms with Crippen LogP contribution in [0.4, 0.5) is 0 Å². The van der Waals surface area contributed by atoms with Crippen molar-refractivity contribution in [2.45, 2.75) is 25.8 Å². The van der Waals surface area contributed by atoms with Crippen molar-refractivity contribution < 1.29 is 4.74 Å². The Hall–Kier alpha value is -1.94. The fourth-order valence-corrected chi connectivity index (χ4v) is 2.24. The lowest BCUT2D eigenvalue weighted by atomic mass is 10.0. The zero-order valence-electron chi connectivity index (χ0n) is 12.0. The summed E-state index contributed by atoms with van der Waals surface area (Å²) in [5, 5.41) is 11.3. The van der Waals surface area contributed by atoms with Crippen molar-refractivity contribution in [1.29, 1.82) is 0 Å². The van der Waals surface area contributed by atoms with Crippen molar-refractivity contribution in [2.75, 3.05) is 13.7 Å². The van der Waals surface area contributed by atoms with Gasteiger partial charge in [0.1, 0.15) is 5.75 Å². The molecule has 0 aliphatic carbocycles. The summed E-state index contributed by atoms with van der Waals surface area (Å²) in [6.07, 6.45) is 5.63. The second-order valence-corrected chi connectivity index (χ2v) is 4.67. The molecule has 0 radical (unpaired) electrons. The van der Waals surface area contributed by atoms with Gasteiger partial charge in [0.05, 0.1) is 13.3 Å². The van der Waals surface area contributed by atoms with Gasteiger partial charge in [-0.25, -0.2) is 0 Å². The molecule has 20 heavy (non-hydrogen) atoms. The number of rotatable bonds is 7. The second-order valence-electron chi connectivity index (χ2n) is 4.67. The maximum atomic E-state index is 5.18. The fraction of sp³-hybridized carbons (Fsp3) is 0.375. The molecular weight excluding hydrogens is 250 g/mol. The smallest absolute Gasteiger partial charge is 0.118 e. The number of ether oxygens (including phenoxy) is 1. The number of aromatic nitrogens is 2. The second kappa shape index (κ2) is 7.60. The quantitative estimate of drug-likeness (QED) is 0.841. The summed E-state index contributed by atoms with van der Waals surface area (Å²) in [7, 11) is 1.69. The lowest BCUT2D eigenvalue weighted by Crippen LogP contribution is -2.21. The minimum atomic E-state index is 0.317. The van der Waals surface area contributed by atoms with E-state index in [-0.39, 0.29) is 0 Å². The predicted octanol–water partition coefficient (Wildman–Crippen LogP) is 2.77. The maximum Gasteiger partial charge on any atom is 0.118 e. The topological polar surface area (TPSA) is 47.0 Å². The van der Waals surface area contributed by atoms with Crippen molar-refractivity contribution in [3.05, 3.63) is 53.9 Å². The number of hydrogen-bond acceptors (Lipinski definition) is 4. The number of methoxy groups -OCH3 is 1. The number of benzene rings is 1. The van der Waals surface area contributed by atoms with Gasteiger partial charge in [-0.1, -0.05) is 19.1 Å². The Morgan fingerprint density at radius 1 is 1.15 bits per heavy atom. The van der Waals surface area contributed by atoms with Crippen LogP contribution in [-0.4, -0.2) is 23.9 Å². The van der Waals surface area contributed by atoms with Gasteiger partial charge in [-0.05, 0) is 48.7 Å². The van der Waals surface area contributed by atoms with Crippen LogP contribution in [-0.2, 0) is 6.42 Å². The highest BCUT2D eigenvalue weighted by molar-refractivity contribution is 5.27. The van der Waals surface area contributed by atoms with Gasteiger partial charge in [0.25, 0.3) is 0 Å². The largest absolute Gasteiger partial charge is 0.497 e. The lowest BCUT2D eigenvalue weighted by Gasteiger charge is -2.17. The fourth-order valence-electron chi connectivity index (χ4n) is 2.24. The molecule has 0 aliphatic heterocycles. The third kappa shape index (κ3) is 4.03. The highest BCUT2D eigenvalue weighted by Gasteiger charge is 2.10. The summed E-state index contributed by atoms with van der Waals surface area (Å²) < 4.78 is 5.18. The van der Waals surface area contributed by atoms with Crippen molar-refractivity contribution in [3.63, 3.8) is 0 Å². The summed E-state index contributed by atoms with van der Waals surface area (Å²) in [5.74, 6) is 0.898. The highest BCUT2D eigenvalue weighted by atomic mass is 16.5. The first-order chi connectivity index (χ1) is 9.83. The van der Waals surface area contributed by atoms with Crippen LogP contribution in [0.1, 0.15) is 30.5 Å². The molecule has 0 fully saturated rings. The van der Waals surface area contributed by atoms with Crippen LogP contribution in [0.5, 0.6) is 5.75 Å². The van der Waals surface area contributed by atoms with Gasteiger partial charge in [0.15, 0.2) is 0 Å². The average molecular weight is 271 g/mol. The van der Waals surface area contributed by atoms with Crippen LogP contribution in [0.15, 0.2) is 42.7 Å². The molecule has 0 amide bonds. The minimum absolute atomic E-state index is 0.317. The van der Waals surface area contributed by atoms with Gasteiger partial charge in [0, 0.05) is 12.2 Å². The van der Waals surface area contributed by atoms with Crippen LogP contribution in [0.3, 0.4) is 0 Å². The molecule has 2 aromatic rings. The first-order valence-electron chi connectivity index (χ1n) is 6.96. The molecule has 0 spiro atoms. The molecule has 1 N–H and O–H groups in total. The SMILES string of the molecule is CCNC(CCc1ccc(OC)cc1)c1ccnnc1. The molecule has 1 unspecified atom stereocenters. The standard InChI is InChI=1S/C16H21N3O/c1-3-17-16(14-10-11-18-19-12-14)9-6-13-4-7-15(20-2)8-5-13/h4-5,7-8,10-12,16-17H,3,6,9H2,1-2H3. The Morgan fingerprint density at radius 3 is 2.55 bits per heavy atom. The average Bonchev–Trinajstić information content (AvgIpc) is 2.53. The molecule has 0 saturated carbocycles. The van der Waals surface area contributed by atoms with Gasteiger partial charge in [0.2, 0.25) is 0 Å². The van der Waals surface area contributed by atoms with Gasteiger partial charge >= 0.3 is 0 Å². The molecule has 0 saturated heterocycles. The van der Waals surface area contributed by atoms with Crippen molar-refractivity contribution in [1.82, 2.24) is 15.5 Å². The molecule has 1 atom stereocenters. The molecule has 0 bridgehead atoms. The van der Waals surface area contributed by atoms with E-state index in [2.05, 4.69) is 34.6 Å². The summed E-state index contributed by atoms with van der Waals surface area (Å²) in [6.45, 7) is 3.06. The van der Waals surface area contributed by atoms with Crippen LogP contribution in [0.2, 0.25) is 0 Å². The van der Waals surface area contributed by atoms with E-state index in [1.54, 1.807) is 13.3 Å².